The molecule has 1 amide bonds. The monoisotopic (exact) mass is 484 g/mol. The molecule has 34 heavy (non-hydrogen) atoms. The topological polar surface area (TPSA) is 84.0 Å². The number of hydrogen-bond acceptors (Lipinski definition) is 5. The second-order valence-corrected chi connectivity index (χ2v) is 11.0. The van der Waals surface area contributed by atoms with Crippen molar-refractivity contribution in [2.24, 2.45) is 0 Å². The Labute approximate surface area is 201 Å². The molecule has 7 nitrogen and oxygen atoms in total. The van der Waals surface area contributed by atoms with Gasteiger partial charge in [-0.15, -0.1) is 0 Å². The molecule has 1 aliphatic heterocycles. The van der Waals surface area contributed by atoms with Gasteiger partial charge in [0.1, 0.15) is 0 Å². The molecule has 0 N–H and O–H groups in total. The number of amides is 1. The van der Waals surface area contributed by atoms with Crippen molar-refractivity contribution in [3.05, 3.63) is 65.2 Å². The van der Waals surface area contributed by atoms with Crippen LogP contribution in [0.1, 0.15) is 66.1 Å². The summed E-state index contributed by atoms with van der Waals surface area (Å²) in [6, 6.07) is 14.0. The molecule has 0 radical (unpaired) electrons. The molecular weight excluding hydrogens is 452 g/mol. The van der Waals surface area contributed by atoms with Crippen molar-refractivity contribution in [3.8, 4) is 0 Å². The lowest BCUT2D eigenvalue weighted by molar-refractivity contribution is -0.135. The third-order valence-corrected chi connectivity index (χ3v) is 8.69. The van der Waals surface area contributed by atoms with E-state index >= 15 is 0 Å². The molecule has 8 heteroatoms. The van der Waals surface area contributed by atoms with Crippen molar-refractivity contribution in [1.29, 1.82) is 0 Å². The normalized spacial score (nSPS) is 19.0. The van der Waals surface area contributed by atoms with Crippen molar-refractivity contribution in [3.63, 3.8) is 0 Å². The Hall–Kier alpha value is -2.71. The number of hydrogen-bond donors (Lipinski definition) is 0. The number of carbonyl (C=O) groups excluding carboxylic acids is 2. The van der Waals surface area contributed by atoms with E-state index in [-0.39, 0.29) is 22.4 Å². The number of aryl methyl sites for hydroxylation is 1. The van der Waals surface area contributed by atoms with Gasteiger partial charge in [0.25, 0.3) is 5.91 Å². The number of benzene rings is 2. The fraction of sp³-hybridized carbons (Fsp3) is 0.462. The molecule has 1 saturated heterocycles. The first-order chi connectivity index (χ1) is 16.4. The molecule has 4 rings (SSSR count). The van der Waals surface area contributed by atoms with Gasteiger partial charge in [-0.1, -0.05) is 43.2 Å². The zero-order valence-corrected chi connectivity index (χ0v) is 20.4. The zero-order chi connectivity index (χ0) is 24.1. The molecular formula is C26H32N2O5S. The van der Waals surface area contributed by atoms with Crippen molar-refractivity contribution < 1.29 is 22.7 Å². The van der Waals surface area contributed by atoms with E-state index in [4.69, 9.17) is 4.74 Å². The minimum absolute atomic E-state index is 0.0433. The Bertz CT molecular complexity index is 1140. The fourth-order valence-corrected chi connectivity index (χ4v) is 6.39. The largest absolute Gasteiger partial charge is 0.452 e. The Kier molecular flexibility index (Phi) is 7.68. The highest BCUT2D eigenvalue weighted by Gasteiger charge is 2.28. The summed E-state index contributed by atoms with van der Waals surface area (Å²) < 4.78 is 32.9. The predicted molar refractivity (Wildman–Crippen MR) is 129 cm³/mol. The number of fused-ring (bicyclic) bond motifs is 1. The molecule has 0 bridgehead atoms. The van der Waals surface area contributed by atoms with Crippen LogP contribution >= 0.6 is 0 Å². The Morgan fingerprint density at radius 2 is 1.74 bits per heavy atom. The number of sulfonamides is 1. The van der Waals surface area contributed by atoms with E-state index in [0.717, 1.165) is 50.5 Å². The minimum atomic E-state index is -3.68. The minimum Gasteiger partial charge on any atom is -0.452 e. The van der Waals surface area contributed by atoms with E-state index in [1.165, 1.54) is 34.1 Å². The van der Waals surface area contributed by atoms with Gasteiger partial charge in [0, 0.05) is 20.1 Å². The summed E-state index contributed by atoms with van der Waals surface area (Å²) in [5.74, 6) is -0.998. The Morgan fingerprint density at radius 3 is 2.50 bits per heavy atom. The lowest BCUT2D eigenvalue weighted by Gasteiger charge is -2.33. The number of ether oxygens (including phenoxy) is 1. The van der Waals surface area contributed by atoms with Gasteiger partial charge >= 0.3 is 5.97 Å². The van der Waals surface area contributed by atoms with Gasteiger partial charge in [0.05, 0.1) is 16.5 Å². The van der Waals surface area contributed by atoms with Gasteiger partial charge in [-0.2, -0.15) is 4.31 Å². The number of rotatable bonds is 6. The third-order valence-electron chi connectivity index (χ3n) is 6.80. The second-order valence-electron chi connectivity index (χ2n) is 9.03. The number of likely N-dealkylation sites (N-methyl/N-ethyl adjacent to an activating group) is 1. The SMILES string of the molecule is CN(C(=O)COC(=O)c1cccc(S(=O)(=O)N2CCCCCC2)c1)C1CCCc2ccccc21. The fourth-order valence-electron chi connectivity index (χ4n) is 4.83. The lowest BCUT2D eigenvalue weighted by Crippen LogP contribution is -2.36. The molecule has 1 fully saturated rings. The van der Waals surface area contributed by atoms with Crippen LogP contribution in [0.2, 0.25) is 0 Å². The maximum absolute atomic E-state index is 13.1. The van der Waals surface area contributed by atoms with Crippen LogP contribution < -0.4 is 0 Å². The summed E-state index contributed by atoms with van der Waals surface area (Å²) in [6.07, 6.45) is 6.58. The average molecular weight is 485 g/mol. The van der Waals surface area contributed by atoms with Crippen molar-refractivity contribution in [2.75, 3.05) is 26.7 Å². The quantitative estimate of drug-likeness (QED) is 0.580. The van der Waals surface area contributed by atoms with Crippen LogP contribution in [0, 0.1) is 0 Å². The molecule has 2 aromatic rings. The summed E-state index contributed by atoms with van der Waals surface area (Å²) in [6.45, 7) is 0.585. The summed E-state index contributed by atoms with van der Waals surface area (Å²) in [7, 11) is -1.95. The summed E-state index contributed by atoms with van der Waals surface area (Å²) in [5, 5.41) is 0. The van der Waals surface area contributed by atoms with Crippen molar-refractivity contribution in [1.82, 2.24) is 9.21 Å². The molecule has 1 heterocycles. The van der Waals surface area contributed by atoms with Crippen LogP contribution in [0.3, 0.4) is 0 Å². The molecule has 2 aromatic carbocycles. The molecule has 1 atom stereocenters. The Morgan fingerprint density at radius 1 is 1.00 bits per heavy atom. The number of nitrogens with zero attached hydrogens (tertiary/aromatic N) is 2. The zero-order valence-electron chi connectivity index (χ0n) is 19.6. The smallest absolute Gasteiger partial charge is 0.338 e. The average Bonchev–Trinajstić information content (AvgIpc) is 3.17. The molecule has 1 unspecified atom stereocenters. The molecule has 182 valence electrons. The van der Waals surface area contributed by atoms with Crippen molar-refractivity contribution >= 4 is 21.9 Å². The maximum atomic E-state index is 13.1. The first-order valence-corrected chi connectivity index (χ1v) is 13.4. The van der Waals surface area contributed by atoms with E-state index in [9.17, 15) is 18.0 Å². The van der Waals surface area contributed by atoms with Gasteiger partial charge in [0.2, 0.25) is 10.0 Å². The van der Waals surface area contributed by atoms with Gasteiger partial charge in [0.15, 0.2) is 6.61 Å². The Balaban J connectivity index is 1.40. The van der Waals surface area contributed by atoms with Crippen LogP contribution in [0.15, 0.2) is 53.4 Å². The van der Waals surface area contributed by atoms with Crippen molar-refractivity contribution in [2.45, 2.75) is 55.9 Å². The van der Waals surface area contributed by atoms with Crippen LogP contribution in [0.25, 0.3) is 0 Å². The van der Waals surface area contributed by atoms with Crippen LogP contribution in [0.5, 0.6) is 0 Å². The highest BCUT2D eigenvalue weighted by Crippen LogP contribution is 2.33. The van der Waals surface area contributed by atoms with E-state index in [1.807, 2.05) is 18.2 Å². The van der Waals surface area contributed by atoms with Crippen LogP contribution in [-0.2, 0) is 26.0 Å². The van der Waals surface area contributed by atoms with Gasteiger partial charge in [-0.25, -0.2) is 13.2 Å². The first kappa shape index (κ1) is 24.4. The van der Waals surface area contributed by atoms with E-state index in [0.29, 0.717) is 13.1 Å². The molecule has 1 aliphatic carbocycles. The van der Waals surface area contributed by atoms with Gasteiger partial charge in [-0.3, -0.25) is 4.79 Å². The first-order valence-electron chi connectivity index (χ1n) is 12.0. The van der Waals surface area contributed by atoms with E-state index < -0.39 is 22.6 Å². The lowest BCUT2D eigenvalue weighted by atomic mass is 9.87. The summed E-state index contributed by atoms with van der Waals surface area (Å²) >= 11 is 0. The molecule has 0 saturated carbocycles. The molecule has 2 aliphatic rings. The number of carbonyl (C=O) groups is 2. The predicted octanol–water partition coefficient (Wildman–Crippen LogP) is 3.94. The van der Waals surface area contributed by atoms with E-state index in [1.54, 1.807) is 11.9 Å². The van der Waals surface area contributed by atoms with Crippen LogP contribution in [-0.4, -0.2) is 56.2 Å². The molecule has 0 spiro atoms. The summed E-state index contributed by atoms with van der Waals surface area (Å²) in [5.41, 5.74) is 2.51. The maximum Gasteiger partial charge on any atom is 0.338 e. The van der Waals surface area contributed by atoms with Gasteiger partial charge < -0.3 is 9.64 Å². The molecule has 0 aromatic heterocycles. The second kappa shape index (κ2) is 10.7. The third kappa shape index (κ3) is 5.33. The summed E-state index contributed by atoms with van der Waals surface area (Å²) in [4.78, 5) is 27.2. The van der Waals surface area contributed by atoms with E-state index in [2.05, 4.69) is 6.07 Å². The highest BCUT2D eigenvalue weighted by molar-refractivity contribution is 7.89. The standard InChI is InChI=1S/C26H32N2O5S/c1-27(24-15-9-11-20-10-4-5-14-23(20)24)25(29)19-33-26(30)21-12-8-13-22(18-21)34(31,32)28-16-6-2-3-7-17-28/h4-5,8,10,12-14,18,24H,2-3,6-7,9,11,15-17,19H2,1H3. The highest BCUT2D eigenvalue weighted by atomic mass is 32.2. The number of esters is 1. The van der Waals surface area contributed by atoms with Gasteiger partial charge in [-0.05, 0) is 61.4 Å². The van der Waals surface area contributed by atoms with Crippen LogP contribution in [0.4, 0.5) is 0 Å².